The number of halogens is 2. The van der Waals surface area contributed by atoms with Crippen LogP contribution in [-0.4, -0.2) is 43.5 Å². The van der Waals surface area contributed by atoms with Crippen LogP contribution in [0.4, 0.5) is 11.4 Å². The Kier molecular flexibility index (Phi) is 5.61. The Morgan fingerprint density at radius 2 is 1.62 bits per heavy atom. The van der Waals surface area contributed by atoms with E-state index in [0.717, 1.165) is 42.6 Å². The molecule has 2 aromatic carbocycles. The van der Waals surface area contributed by atoms with Gasteiger partial charge in [0.2, 0.25) is 5.91 Å². The summed E-state index contributed by atoms with van der Waals surface area (Å²) >= 11 is 12.0. The molecule has 1 aliphatic rings. The lowest BCUT2D eigenvalue weighted by Gasteiger charge is -2.35. The second-order valence-electron chi connectivity index (χ2n) is 5.80. The van der Waals surface area contributed by atoms with Crippen molar-refractivity contribution < 1.29 is 4.79 Å². The van der Waals surface area contributed by atoms with Crippen molar-refractivity contribution >= 4 is 40.5 Å². The molecule has 0 atom stereocenters. The number of amides is 1. The maximum atomic E-state index is 12.2. The third-order valence-electron chi connectivity index (χ3n) is 4.02. The summed E-state index contributed by atoms with van der Waals surface area (Å²) in [6, 6.07) is 15.1. The van der Waals surface area contributed by atoms with Gasteiger partial charge < -0.3 is 10.2 Å². The highest BCUT2D eigenvalue weighted by molar-refractivity contribution is 6.31. The molecular formula is C18H19Cl2N3O. The standard InChI is InChI=1S/C18H19Cl2N3O/c19-14-3-1-5-16(11-14)21-18(24)13-22-7-9-23(10-8-22)17-6-2-4-15(20)12-17/h1-6,11-12H,7-10,13H2,(H,21,24). The van der Waals surface area contributed by atoms with Crippen molar-refractivity contribution in [1.29, 1.82) is 0 Å². The predicted molar refractivity (Wildman–Crippen MR) is 100 cm³/mol. The number of piperazine rings is 1. The molecule has 0 saturated carbocycles. The number of nitrogens with zero attached hydrogens (tertiary/aromatic N) is 2. The van der Waals surface area contributed by atoms with E-state index in [-0.39, 0.29) is 5.91 Å². The largest absolute Gasteiger partial charge is 0.369 e. The predicted octanol–water partition coefficient (Wildman–Crippen LogP) is 3.75. The first-order valence-electron chi connectivity index (χ1n) is 7.88. The minimum atomic E-state index is -0.0199. The van der Waals surface area contributed by atoms with E-state index in [0.29, 0.717) is 11.6 Å². The zero-order valence-corrected chi connectivity index (χ0v) is 14.7. The van der Waals surface area contributed by atoms with Gasteiger partial charge in [-0.1, -0.05) is 35.3 Å². The average Bonchev–Trinajstić information content (AvgIpc) is 2.55. The van der Waals surface area contributed by atoms with Gasteiger partial charge in [0, 0.05) is 47.6 Å². The Labute approximate surface area is 152 Å². The number of hydrogen-bond acceptors (Lipinski definition) is 3. The highest BCUT2D eigenvalue weighted by Gasteiger charge is 2.19. The summed E-state index contributed by atoms with van der Waals surface area (Å²) in [6.07, 6.45) is 0. The summed E-state index contributed by atoms with van der Waals surface area (Å²) in [5, 5.41) is 4.24. The summed E-state index contributed by atoms with van der Waals surface area (Å²) in [7, 11) is 0. The van der Waals surface area contributed by atoms with E-state index in [4.69, 9.17) is 23.2 Å². The highest BCUT2D eigenvalue weighted by atomic mass is 35.5. The molecule has 6 heteroatoms. The molecule has 0 unspecified atom stereocenters. The third kappa shape index (κ3) is 4.63. The van der Waals surface area contributed by atoms with Gasteiger partial charge >= 0.3 is 0 Å². The topological polar surface area (TPSA) is 35.6 Å². The number of benzene rings is 2. The molecule has 1 N–H and O–H groups in total. The summed E-state index contributed by atoms with van der Waals surface area (Å²) in [6.45, 7) is 3.83. The van der Waals surface area contributed by atoms with Crippen LogP contribution in [0.1, 0.15) is 0 Å². The molecule has 0 spiro atoms. The van der Waals surface area contributed by atoms with E-state index in [2.05, 4.69) is 21.2 Å². The van der Waals surface area contributed by atoms with Crippen LogP contribution in [0, 0.1) is 0 Å². The van der Waals surface area contributed by atoms with Crippen LogP contribution in [0.5, 0.6) is 0 Å². The first-order valence-corrected chi connectivity index (χ1v) is 8.64. The molecule has 3 rings (SSSR count). The zero-order chi connectivity index (χ0) is 16.9. The van der Waals surface area contributed by atoms with Crippen LogP contribution in [0.3, 0.4) is 0 Å². The van der Waals surface area contributed by atoms with Crippen LogP contribution in [0.2, 0.25) is 10.0 Å². The Bertz CT molecular complexity index is 715. The lowest BCUT2D eigenvalue weighted by molar-refractivity contribution is -0.117. The van der Waals surface area contributed by atoms with Gasteiger partial charge in [0.1, 0.15) is 0 Å². The monoisotopic (exact) mass is 363 g/mol. The molecule has 0 radical (unpaired) electrons. The van der Waals surface area contributed by atoms with Gasteiger partial charge in [-0.25, -0.2) is 0 Å². The van der Waals surface area contributed by atoms with Crippen molar-refractivity contribution in [2.45, 2.75) is 0 Å². The molecule has 0 aromatic heterocycles. The molecule has 1 saturated heterocycles. The van der Waals surface area contributed by atoms with E-state index >= 15 is 0 Å². The van der Waals surface area contributed by atoms with E-state index < -0.39 is 0 Å². The number of rotatable bonds is 4. The second kappa shape index (κ2) is 7.88. The maximum absolute atomic E-state index is 12.2. The lowest BCUT2D eigenvalue weighted by atomic mass is 10.2. The zero-order valence-electron chi connectivity index (χ0n) is 13.2. The van der Waals surface area contributed by atoms with Crippen molar-refractivity contribution in [1.82, 2.24) is 4.90 Å². The first kappa shape index (κ1) is 17.1. The SMILES string of the molecule is O=C(CN1CCN(c2cccc(Cl)c2)CC1)Nc1cccc(Cl)c1. The third-order valence-corrected chi connectivity index (χ3v) is 4.49. The molecule has 4 nitrogen and oxygen atoms in total. The number of nitrogens with one attached hydrogen (secondary N) is 1. The number of hydrogen-bond donors (Lipinski definition) is 1. The van der Waals surface area contributed by atoms with Gasteiger partial charge in [-0.2, -0.15) is 0 Å². The first-order chi connectivity index (χ1) is 11.6. The highest BCUT2D eigenvalue weighted by Crippen LogP contribution is 2.21. The van der Waals surface area contributed by atoms with Crippen LogP contribution < -0.4 is 10.2 Å². The average molecular weight is 364 g/mol. The van der Waals surface area contributed by atoms with Crippen molar-refractivity contribution in [2.75, 3.05) is 42.9 Å². The molecule has 1 amide bonds. The van der Waals surface area contributed by atoms with E-state index in [9.17, 15) is 4.79 Å². The van der Waals surface area contributed by atoms with Crippen molar-refractivity contribution in [3.8, 4) is 0 Å². The van der Waals surface area contributed by atoms with Gasteiger partial charge in [-0.15, -0.1) is 0 Å². The molecule has 24 heavy (non-hydrogen) atoms. The molecule has 1 heterocycles. The summed E-state index contributed by atoms with van der Waals surface area (Å²) in [4.78, 5) is 16.6. The summed E-state index contributed by atoms with van der Waals surface area (Å²) in [5.41, 5.74) is 1.86. The normalized spacial score (nSPS) is 15.3. The molecule has 1 fully saturated rings. The number of carbonyl (C=O) groups excluding carboxylic acids is 1. The Hall–Kier alpha value is -1.75. The molecule has 0 bridgehead atoms. The fourth-order valence-corrected chi connectivity index (χ4v) is 3.18. The Morgan fingerprint density at radius 3 is 2.29 bits per heavy atom. The Balaban J connectivity index is 1.49. The molecule has 2 aromatic rings. The second-order valence-corrected chi connectivity index (χ2v) is 6.67. The van der Waals surface area contributed by atoms with Crippen LogP contribution in [0.25, 0.3) is 0 Å². The smallest absolute Gasteiger partial charge is 0.238 e. The molecule has 126 valence electrons. The minimum Gasteiger partial charge on any atom is -0.369 e. The van der Waals surface area contributed by atoms with Crippen LogP contribution in [0.15, 0.2) is 48.5 Å². The van der Waals surface area contributed by atoms with Crippen LogP contribution >= 0.6 is 23.2 Å². The van der Waals surface area contributed by atoms with E-state index in [1.807, 2.05) is 30.3 Å². The lowest BCUT2D eigenvalue weighted by Crippen LogP contribution is -2.48. The summed E-state index contributed by atoms with van der Waals surface area (Å²) in [5.74, 6) is -0.0199. The maximum Gasteiger partial charge on any atom is 0.238 e. The van der Waals surface area contributed by atoms with Crippen molar-refractivity contribution in [3.63, 3.8) is 0 Å². The molecular weight excluding hydrogens is 345 g/mol. The fourth-order valence-electron chi connectivity index (χ4n) is 2.81. The van der Waals surface area contributed by atoms with Gasteiger partial charge in [0.05, 0.1) is 6.54 Å². The van der Waals surface area contributed by atoms with Gasteiger partial charge in [-0.3, -0.25) is 9.69 Å². The summed E-state index contributed by atoms with van der Waals surface area (Å²) < 4.78 is 0. The van der Waals surface area contributed by atoms with Crippen molar-refractivity contribution in [3.05, 3.63) is 58.6 Å². The Morgan fingerprint density at radius 1 is 0.958 bits per heavy atom. The minimum absolute atomic E-state index is 0.0199. The van der Waals surface area contributed by atoms with Gasteiger partial charge in [-0.05, 0) is 36.4 Å². The quantitative estimate of drug-likeness (QED) is 0.898. The van der Waals surface area contributed by atoms with Gasteiger partial charge in [0.25, 0.3) is 0 Å². The molecule has 0 aliphatic carbocycles. The van der Waals surface area contributed by atoms with Crippen LogP contribution in [-0.2, 0) is 4.79 Å². The van der Waals surface area contributed by atoms with E-state index in [1.165, 1.54) is 0 Å². The van der Waals surface area contributed by atoms with Gasteiger partial charge in [0.15, 0.2) is 0 Å². The molecule has 1 aliphatic heterocycles. The van der Waals surface area contributed by atoms with E-state index in [1.54, 1.807) is 12.1 Å². The van der Waals surface area contributed by atoms with Crippen molar-refractivity contribution in [2.24, 2.45) is 0 Å². The number of anilines is 2. The fraction of sp³-hybridized carbons (Fsp3) is 0.278. The number of carbonyl (C=O) groups is 1.